The normalized spacial score (nSPS) is 19.5. The van der Waals surface area contributed by atoms with Crippen LogP contribution in [-0.2, 0) is 16.1 Å². The van der Waals surface area contributed by atoms with Crippen molar-refractivity contribution in [2.24, 2.45) is 10.3 Å². The minimum Gasteiger partial charge on any atom is -0.442 e. The predicted octanol–water partition coefficient (Wildman–Crippen LogP) is 3.03. The van der Waals surface area contributed by atoms with E-state index in [1.807, 2.05) is 22.9 Å². The number of hydrogen-bond acceptors (Lipinski definition) is 7. The molecule has 5 rings (SSSR count). The third-order valence-corrected chi connectivity index (χ3v) is 5.97. The molecule has 34 heavy (non-hydrogen) atoms. The Morgan fingerprint density at radius 3 is 2.94 bits per heavy atom. The molecule has 1 saturated heterocycles. The van der Waals surface area contributed by atoms with Gasteiger partial charge in [-0.3, -0.25) is 19.8 Å². The quantitative estimate of drug-likeness (QED) is 0.557. The molecule has 3 heterocycles. The number of carbonyl (C=O) groups excluding carboxylic acids is 2. The van der Waals surface area contributed by atoms with Crippen LogP contribution in [0.25, 0.3) is 22.0 Å². The van der Waals surface area contributed by atoms with E-state index in [9.17, 15) is 9.59 Å². The summed E-state index contributed by atoms with van der Waals surface area (Å²) in [5.41, 5.74) is 5.50. The van der Waals surface area contributed by atoms with Crippen LogP contribution < -0.4 is 15.6 Å². The first-order valence-corrected chi connectivity index (χ1v) is 11.1. The van der Waals surface area contributed by atoms with Crippen LogP contribution in [0.3, 0.4) is 0 Å². The number of carbonyl (C=O) groups is 2. The van der Waals surface area contributed by atoms with Gasteiger partial charge in [-0.05, 0) is 42.3 Å². The summed E-state index contributed by atoms with van der Waals surface area (Å²) in [7, 11) is 0. The number of hydrogen-bond donors (Lipinski definition) is 2. The van der Waals surface area contributed by atoms with Crippen molar-refractivity contribution < 1.29 is 18.7 Å². The van der Waals surface area contributed by atoms with Crippen LogP contribution in [-0.4, -0.2) is 53.6 Å². The minimum atomic E-state index is -0.563. The van der Waals surface area contributed by atoms with E-state index in [0.29, 0.717) is 17.8 Å². The summed E-state index contributed by atoms with van der Waals surface area (Å²) in [4.78, 5) is 24.7. The van der Waals surface area contributed by atoms with Gasteiger partial charge in [-0.25, -0.2) is 9.18 Å². The maximum atomic E-state index is 15.1. The maximum Gasteiger partial charge on any atom is 0.414 e. The Morgan fingerprint density at radius 1 is 1.29 bits per heavy atom. The van der Waals surface area contributed by atoms with Crippen molar-refractivity contribution in [2.75, 3.05) is 24.5 Å². The smallest absolute Gasteiger partial charge is 0.414 e. The van der Waals surface area contributed by atoms with E-state index in [2.05, 4.69) is 26.2 Å². The van der Waals surface area contributed by atoms with Gasteiger partial charge in [-0.1, -0.05) is 11.3 Å². The van der Waals surface area contributed by atoms with Gasteiger partial charge in [0.15, 0.2) is 0 Å². The lowest BCUT2D eigenvalue weighted by molar-refractivity contribution is -0.119. The second kappa shape index (κ2) is 9.08. The van der Waals surface area contributed by atoms with Crippen molar-refractivity contribution >= 4 is 28.6 Å². The molecule has 0 aliphatic carbocycles. The molecule has 2 atom stereocenters. The van der Waals surface area contributed by atoms with Gasteiger partial charge in [0.25, 0.3) is 0 Å². The van der Waals surface area contributed by atoms with Gasteiger partial charge in [0.1, 0.15) is 11.9 Å². The van der Waals surface area contributed by atoms with Crippen molar-refractivity contribution in [2.45, 2.75) is 32.0 Å². The van der Waals surface area contributed by atoms with E-state index in [1.165, 1.54) is 17.9 Å². The minimum absolute atomic E-state index is 0.204. The topological polar surface area (TPSA) is 113 Å². The van der Waals surface area contributed by atoms with Crippen LogP contribution in [0.2, 0.25) is 0 Å². The average molecular weight is 465 g/mol. The fraction of sp³-hybridized carbons (Fsp3) is 0.348. The number of aromatic nitrogens is 2. The van der Waals surface area contributed by atoms with Crippen LogP contribution in [0.5, 0.6) is 0 Å². The molecule has 2 unspecified atom stereocenters. The lowest BCUT2D eigenvalue weighted by Gasteiger charge is -2.14. The van der Waals surface area contributed by atoms with Gasteiger partial charge in [0.05, 0.1) is 43.1 Å². The van der Waals surface area contributed by atoms with Crippen molar-refractivity contribution in [1.29, 1.82) is 0 Å². The van der Waals surface area contributed by atoms with Crippen LogP contribution in [0.1, 0.15) is 13.3 Å². The first kappa shape index (κ1) is 21.8. The third-order valence-electron chi connectivity index (χ3n) is 5.97. The second-order valence-corrected chi connectivity index (χ2v) is 8.40. The van der Waals surface area contributed by atoms with Crippen LogP contribution in [0.4, 0.5) is 14.9 Å². The number of nitrogens with zero attached hydrogens (tertiary/aromatic N) is 5. The van der Waals surface area contributed by atoms with Gasteiger partial charge < -0.3 is 10.1 Å². The number of nitrogens with one attached hydrogen (secondary N) is 2. The summed E-state index contributed by atoms with van der Waals surface area (Å²) in [6.07, 6.45) is 1.58. The molecule has 0 bridgehead atoms. The van der Waals surface area contributed by atoms with Crippen molar-refractivity contribution in [3.8, 4) is 11.1 Å². The molecule has 1 fully saturated rings. The summed E-state index contributed by atoms with van der Waals surface area (Å²) in [6.45, 7) is 3.24. The Kier molecular flexibility index (Phi) is 5.83. The first-order valence-electron chi connectivity index (χ1n) is 11.1. The predicted molar refractivity (Wildman–Crippen MR) is 123 cm³/mol. The third kappa shape index (κ3) is 4.41. The fourth-order valence-corrected chi connectivity index (χ4v) is 4.17. The van der Waals surface area contributed by atoms with E-state index >= 15 is 4.39 Å². The van der Waals surface area contributed by atoms with Crippen LogP contribution in [0, 0.1) is 5.82 Å². The number of anilines is 1. The number of ether oxygens (including phenoxy) is 1. The number of amides is 2. The molecule has 2 aromatic carbocycles. The number of fused-ring (bicyclic) bond motifs is 1. The lowest BCUT2D eigenvalue weighted by atomic mass is 10.0. The lowest BCUT2D eigenvalue weighted by Crippen LogP contribution is -2.33. The van der Waals surface area contributed by atoms with E-state index in [0.717, 1.165) is 29.4 Å². The van der Waals surface area contributed by atoms with E-state index in [-0.39, 0.29) is 25.0 Å². The number of aryl methyl sites for hydroxylation is 1. The van der Waals surface area contributed by atoms with Gasteiger partial charge in [0.2, 0.25) is 5.91 Å². The van der Waals surface area contributed by atoms with Crippen LogP contribution in [0.15, 0.2) is 52.9 Å². The highest BCUT2D eigenvalue weighted by molar-refractivity contribution is 5.91. The summed E-state index contributed by atoms with van der Waals surface area (Å²) in [5.74, 6) is -0.646. The Hall–Kier alpha value is -4.02. The molecule has 1 aromatic heterocycles. The standard InChI is InChI=1S/C23H24FN7O3/c1-14(32)25-12-19-13-30(23(33)34-19)18-3-4-20(21(24)9-18)15-2-5-22-16(8-15)10-27-31(22)7-6-17-11-26-29-28-17/h2-5,8-10,17,19H,6-7,11-13H2,1H3,(H,25,32)(H,26,28). The van der Waals surface area contributed by atoms with Crippen molar-refractivity contribution in [3.05, 3.63) is 48.4 Å². The zero-order chi connectivity index (χ0) is 23.7. The summed E-state index contributed by atoms with van der Waals surface area (Å²) in [5, 5.41) is 15.8. The van der Waals surface area contributed by atoms with Crippen molar-refractivity contribution in [3.63, 3.8) is 0 Å². The monoisotopic (exact) mass is 465 g/mol. The molecule has 11 heteroatoms. The highest BCUT2D eigenvalue weighted by Gasteiger charge is 2.32. The molecule has 0 radical (unpaired) electrons. The molecule has 0 saturated carbocycles. The Labute approximate surface area is 194 Å². The SMILES string of the molecule is CC(=O)NCC1CN(c2ccc(-c3ccc4c(cnn4CCC4CN=NN4)c3)c(F)c2)C(=O)O1. The highest BCUT2D eigenvalue weighted by Crippen LogP contribution is 2.31. The molecule has 2 aliphatic rings. The highest BCUT2D eigenvalue weighted by atomic mass is 19.1. The molecule has 2 N–H and O–H groups in total. The van der Waals surface area contributed by atoms with Gasteiger partial charge in [-0.2, -0.15) is 10.2 Å². The fourth-order valence-electron chi connectivity index (χ4n) is 4.17. The van der Waals surface area contributed by atoms with E-state index in [1.54, 1.807) is 18.3 Å². The first-order chi connectivity index (χ1) is 16.5. The number of rotatable bonds is 7. The van der Waals surface area contributed by atoms with Gasteiger partial charge in [-0.15, -0.1) is 0 Å². The Balaban J connectivity index is 1.30. The zero-order valence-electron chi connectivity index (χ0n) is 18.6. The van der Waals surface area contributed by atoms with Crippen molar-refractivity contribution in [1.82, 2.24) is 20.5 Å². The largest absolute Gasteiger partial charge is 0.442 e. The Bertz CT molecular complexity index is 1270. The summed E-state index contributed by atoms with van der Waals surface area (Å²) < 4.78 is 22.3. The molecule has 2 amide bonds. The average Bonchev–Trinajstić information content (AvgIpc) is 3.56. The van der Waals surface area contributed by atoms with E-state index < -0.39 is 18.0 Å². The molecular weight excluding hydrogens is 441 g/mol. The molecule has 10 nitrogen and oxygen atoms in total. The molecular formula is C23H24FN7O3. The number of benzene rings is 2. The molecule has 0 spiro atoms. The number of halogens is 1. The number of cyclic esters (lactones) is 1. The summed E-state index contributed by atoms with van der Waals surface area (Å²) >= 11 is 0. The van der Waals surface area contributed by atoms with Gasteiger partial charge in [0, 0.05) is 24.4 Å². The van der Waals surface area contributed by atoms with E-state index in [4.69, 9.17) is 4.74 Å². The molecule has 3 aromatic rings. The molecule has 176 valence electrons. The second-order valence-electron chi connectivity index (χ2n) is 8.40. The van der Waals surface area contributed by atoms with Crippen LogP contribution >= 0.6 is 0 Å². The van der Waals surface area contributed by atoms with Gasteiger partial charge >= 0.3 is 6.09 Å². The summed E-state index contributed by atoms with van der Waals surface area (Å²) in [6, 6.07) is 10.6. The molecule has 2 aliphatic heterocycles. The zero-order valence-corrected chi connectivity index (χ0v) is 18.6. The maximum absolute atomic E-state index is 15.1. The Morgan fingerprint density at radius 2 is 2.18 bits per heavy atom.